The minimum absolute atomic E-state index is 0.286. The predicted molar refractivity (Wildman–Crippen MR) is 35.1 cm³/mol. The van der Waals surface area contributed by atoms with Crippen molar-refractivity contribution < 1.29 is 5.21 Å². The van der Waals surface area contributed by atoms with Gasteiger partial charge in [0.15, 0.2) is 0 Å². The topological polar surface area (TPSA) is 49.5 Å². The van der Waals surface area contributed by atoms with E-state index in [4.69, 9.17) is 10.9 Å². The number of hydrogen-bond donors (Lipinski definition) is 2. The number of hydroxylamine groups is 2. The first kappa shape index (κ1) is 6.99. The van der Waals surface area contributed by atoms with Crippen LogP contribution < -0.4 is 5.73 Å². The first-order chi connectivity index (χ1) is 4.20. The maximum atomic E-state index is 8.98. The third-order valence-electron chi connectivity index (χ3n) is 1.95. The first-order valence-corrected chi connectivity index (χ1v) is 3.39. The molecule has 9 heavy (non-hydrogen) atoms. The van der Waals surface area contributed by atoms with E-state index in [9.17, 15) is 0 Å². The van der Waals surface area contributed by atoms with Crippen molar-refractivity contribution in [2.24, 2.45) is 11.7 Å². The Bertz CT molecular complexity index is 97.1. The first-order valence-electron chi connectivity index (χ1n) is 3.39. The van der Waals surface area contributed by atoms with Crippen molar-refractivity contribution in [1.29, 1.82) is 0 Å². The van der Waals surface area contributed by atoms with Crippen LogP contribution in [0.15, 0.2) is 0 Å². The fourth-order valence-corrected chi connectivity index (χ4v) is 1.14. The van der Waals surface area contributed by atoms with E-state index in [-0.39, 0.29) is 6.04 Å². The third-order valence-corrected chi connectivity index (χ3v) is 1.95. The molecule has 1 aliphatic heterocycles. The van der Waals surface area contributed by atoms with Crippen molar-refractivity contribution in [1.82, 2.24) is 5.06 Å². The molecule has 1 heterocycles. The summed E-state index contributed by atoms with van der Waals surface area (Å²) in [6.07, 6.45) is 0.914. The smallest absolute Gasteiger partial charge is 0.0278 e. The van der Waals surface area contributed by atoms with Crippen LogP contribution >= 0.6 is 0 Å². The second-order valence-corrected chi connectivity index (χ2v) is 2.84. The number of piperidine rings is 1. The molecule has 3 heteroatoms. The molecule has 3 nitrogen and oxygen atoms in total. The molecule has 54 valence electrons. The Morgan fingerprint density at radius 3 is 2.78 bits per heavy atom. The van der Waals surface area contributed by atoms with Gasteiger partial charge < -0.3 is 10.9 Å². The maximum Gasteiger partial charge on any atom is 0.0278 e. The summed E-state index contributed by atoms with van der Waals surface area (Å²) in [5.41, 5.74) is 5.70. The van der Waals surface area contributed by atoms with Crippen LogP contribution in [0.3, 0.4) is 0 Å². The highest BCUT2D eigenvalue weighted by Gasteiger charge is 2.21. The lowest BCUT2D eigenvalue weighted by Crippen LogP contribution is -2.44. The maximum absolute atomic E-state index is 8.98. The fourth-order valence-electron chi connectivity index (χ4n) is 1.14. The van der Waals surface area contributed by atoms with Gasteiger partial charge in [-0.25, -0.2) is 0 Å². The minimum atomic E-state index is 0.286. The van der Waals surface area contributed by atoms with Gasteiger partial charge in [-0.1, -0.05) is 6.92 Å². The van der Waals surface area contributed by atoms with E-state index in [1.807, 2.05) is 0 Å². The fraction of sp³-hybridized carbons (Fsp3) is 1.00. The zero-order valence-electron chi connectivity index (χ0n) is 5.75. The van der Waals surface area contributed by atoms with E-state index < -0.39 is 0 Å². The molecule has 2 atom stereocenters. The second kappa shape index (κ2) is 2.64. The number of nitrogens with zero attached hydrogens (tertiary/aromatic N) is 1. The summed E-state index contributed by atoms with van der Waals surface area (Å²) in [5, 5.41) is 10.3. The molecule has 0 aromatic heterocycles. The van der Waals surface area contributed by atoms with Crippen molar-refractivity contribution >= 4 is 0 Å². The van der Waals surface area contributed by atoms with E-state index in [1.165, 1.54) is 5.06 Å². The molecule has 2 unspecified atom stereocenters. The van der Waals surface area contributed by atoms with Gasteiger partial charge in [-0.2, -0.15) is 5.06 Å². The molecule has 3 N–H and O–H groups in total. The monoisotopic (exact) mass is 130 g/mol. The van der Waals surface area contributed by atoms with Gasteiger partial charge in [0, 0.05) is 19.1 Å². The van der Waals surface area contributed by atoms with Crippen LogP contribution in [0.1, 0.15) is 13.3 Å². The van der Waals surface area contributed by atoms with Crippen LogP contribution in [0.5, 0.6) is 0 Å². The van der Waals surface area contributed by atoms with E-state index in [0.717, 1.165) is 19.5 Å². The zero-order valence-corrected chi connectivity index (χ0v) is 5.75. The Kier molecular flexibility index (Phi) is 2.05. The van der Waals surface area contributed by atoms with Crippen LogP contribution in [-0.4, -0.2) is 29.4 Å². The molecule has 0 amide bonds. The molecular weight excluding hydrogens is 116 g/mol. The number of nitrogens with two attached hydrogens (primary N) is 1. The molecule has 1 rings (SSSR count). The van der Waals surface area contributed by atoms with Crippen LogP contribution in [0, 0.1) is 5.92 Å². The van der Waals surface area contributed by atoms with Crippen molar-refractivity contribution in [2.75, 3.05) is 13.1 Å². The molecule has 1 saturated heterocycles. The van der Waals surface area contributed by atoms with Gasteiger partial charge in [0.1, 0.15) is 0 Å². The van der Waals surface area contributed by atoms with E-state index in [2.05, 4.69) is 6.92 Å². The molecule has 0 aromatic carbocycles. The van der Waals surface area contributed by atoms with Crippen LogP contribution in [0.25, 0.3) is 0 Å². The minimum Gasteiger partial charge on any atom is -0.327 e. The van der Waals surface area contributed by atoms with Gasteiger partial charge in [-0.15, -0.1) is 0 Å². The third kappa shape index (κ3) is 1.64. The van der Waals surface area contributed by atoms with Crippen molar-refractivity contribution in [2.45, 2.75) is 19.4 Å². The molecule has 0 saturated carbocycles. The Labute approximate surface area is 55.4 Å². The van der Waals surface area contributed by atoms with Gasteiger partial charge in [0.05, 0.1) is 0 Å². The van der Waals surface area contributed by atoms with Gasteiger partial charge in [0.2, 0.25) is 0 Å². The summed E-state index contributed by atoms with van der Waals surface area (Å²) in [5.74, 6) is 0.434. The summed E-state index contributed by atoms with van der Waals surface area (Å²) in [6, 6.07) is 0.286. The molecule has 0 radical (unpaired) electrons. The highest BCUT2D eigenvalue weighted by Crippen LogP contribution is 2.12. The van der Waals surface area contributed by atoms with E-state index >= 15 is 0 Å². The SMILES string of the molecule is CC1CN(O)CCC1N. The summed E-state index contributed by atoms with van der Waals surface area (Å²) in [6.45, 7) is 3.51. The normalized spacial score (nSPS) is 39.0. The predicted octanol–water partition coefficient (Wildman–Crippen LogP) is 0.0447. The summed E-state index contributed by atoms with van der Waals surface area (Å²) >= 11 is 0. The van der Waals surface area contributed by atoms with E-state index in [0.29, 0.717) is 5.92 Å². The average Bonchev–Trinajstić information content (AvgIpc) is 1.80. The Hall–Kier alpha value is -0.120. The van der Waals surface area contributed by atoms with Crippen molar-refractivity contribution in [3.05, 3.63) is 0 Å². The van der Waals surface area contributed by atoms with E-state index in [1.54, 1.807) is 0 Å². The highest BCUT2D eigenvalue weighted by atomic mass is 16.5. The number of hydrogen-bond acceptors (Lipinski definition) is 3. The second-order valence-electron chi connectivity index (χ2n) is 2.84. The lowest BCUT2D eigenvalue weighted by Gasteiger charge is -2.30. The Morgan fingerprint density at radius 2 is 2.33 bits per heavy atom. The zero-order chi connectivity index (χ0) is 6.85. The summed E-state index contributed by atoms with van der Waals surface area (Å²) in [7, 11) is 0. The summed E-state index contributed by atoms with van der Waals surface area (Å²) < 4.78 is 0. The molecule has 0 spiro atoms. The molecule has 1 fully saturated rings. The average molecular weight is 130 g/mol. The Morgan fingerprint density at radius 1 is 1.67 bits per heavy atom. The lowest BCUT2D eigenvalue weighted by atomic mass is 9.96. The molecule has 0 aliphatic carbocycles. The molecule has 0 bridgehead atoms. The van der Waals surface area contributed by atoms with Crippen molar-refractivity contribution in [3.8, 4) is 0 Å². The number of rotatable bonds is 0. The quantitative estimate of drug-likeness (QED) is 0.487. The van der Waals surface area contributed by atoms with Gasteiger partial charge >= 0.3 is 0 Å². The standard InChI is InChI=1S/C6H14N2O/c1-5-4-8(9)3-2-6(5)7/h5-6,9H,2-4,7H2,1H3. The van der Waals surface area contributed by atoms with Gasteiger partial charge in [-0.05, 0) is 12.3 Å². The molecular formula is C6H14N2O. The van der Waals surface area contributed by atoms with Crippen LogP contribution in [-0.2, 0) is 0 Å². The lowest BCUT2D eigenvalue weighted by molar-refractivity contribution is -0.118. The van der Waals surface area contributed by atoms with Gasteiger partial charge in [-0.3, -0.25) is 0 Å². The molecule has 1 aliphatic rings. The van der Waals surface area contributed by atoms with Gasteiger partial charge in [0.25, 0.3) is 0 Å². The highest BCUT2D eigenvalue weighted by molar-refractivity contribution is 4.76. The molecule has 0 aromatic rings. The largest absolute Gasteiger partial charge is 0.327 e. The van der Waals surface area contributed by atoms with Crippen LogP contribution in [0.4, 0.5) is 0 Å². The van der Waals surface area contributed by atoms with Crippen molar-refractivity contribution in [3.63, 3.8) is 0 Å². The Balaban J connectivity index is 2.35. The summed E-state index contributed by atoms with van der Waals surface area (Å²) in [4.78, 5) is 0. The van der Waals surface area contributed by atoms with Crippen LogP contribution in [0.2, 0.25) is 0 Å².